The Labute approximate surface area is 125 Å². The summed E-state index contributed by atoms with van der Waals surface area (Å²) in [6.45, 7) is 6.46. The summed E-state index contributed by atoms with van der Waals surface area (Å²) in [4.78, 5) is 3.46. The molecule has 0 saturated carbocycles. The van der Waals surface area contributed by atoms with Crippen LogP contribution in [0.5, 0.6) is 5.75 Å². The van der Waals surface area contributed by atoms with Crippen LogP contribution in [-0.4, -0.2) is 11.3 Å². The van der Waals surface area contributed by atoms with E-state index in [0.29, 0.717) is 0 Å². The Balaban J connectivity index is 1.87. The number of fused-ring (bicyclic) bond motifs is 1. The highest BCUT2D eigenvalue weighted by atomic mass is 16.5. The van der Waals surface area contributed by atoms with Crippen molar-refractivity contribution in [2.24, 2.45) is 0 Å². The van der Waals surface area contributed by atoms with E-state index in [2.05, 4.69) is 62.2 Å². The maximum atomic E-state index is 5.97. The molecule has 0 amide bonds. The number of rotatable bonds is 0. The molecule has 0 saturated heterocycles. The molecule has 0 aromatic heterocycles. The zero-order valence-corrected chi connectivity index (χ0v) is 12.7. The monoisotopic (exact) mass is 278 g/mol. The lowest BCUT2D eigenvalue weighted by atomic mass is 10.0. The van der Waals surface area contributed by atoms with Crippen molar-refractivity contribution in [1.82, 2.24) is 0 Å². The Kier molecular flexibility index (Phi) is 3.38. The zero-order valence-electron chi connectivity index (χ0n) is 12.7. The second-order valence-electron chi connectivity index (χ2n) is 6.29. The lowest BCUT2D eigenvalue weighted by molar-refractivity contribution is -0.537. The fraction of sp³-hybridized carbons (Fsp3) is 0.211. The average Bonchev–Trinajstić information content (AvgIpc) is 2.46. The van der Waals surface area contributed by atoms with Crippen LogP contribution in [0.4, 0.5) is 0 Å². The third kappa shape index (κ3) is 3.22. The molecule has 1 aliphatic carbocycles. The van der Waals surface area contributed by atoms with Crippen LogP contribution in [0.3, 0.4) is 0 Å². The van der Waals surface area contributed by atoms with Crippen LogP contribution in [0, 0.1) is 0 Å². The van der Waals surface area contributed by atoms with Gasteiger partial charge in [-0.25, -0.2) is 4.99 Å². The zero-order chi connectivity index (χ0) is 14.9. The number of hydrogen-bond acceptors (Lipinski definition) is 1. The van der Waals surface area contributed by atoms with Crippen LogP contribution in [0.1, 0.15) is 26.3 Å². The minimum Gasteiger partial charge on any atom is -0.456 e. The summed E-state index contributed by atoms with van der Waals surface area (Å²) in [5, 5.41) is 0. The molecule has 2 aliphatic rings. The fourth-order valence-corrected chi connectivity index (χ4v) is 2.34. The SMILES string of the molecule is CC(C)(C)[NH+]=C1C=CC(=C2C=Cc3ccccc3O2)C=C1. The Morgan fingerprint density at radius 3 is 2.29 bits per heavy atom. The molecular formula is C19H20NO+. The van der Waals surface area contributed by atoms with Gasteiger partial charge in [0.2, 0.25) is 0 Å². The van der Waals surface area contributed by atoms with Crippen molar-refractivity contribution in [2.75, 3.05) is 0 Å². The van der Waals surface area contributed by atoms with Crippen LogP contribution in [0.15, 0.2) is 66.0 Å². The minimum atomic E-state index is 0.0643. The van der Waals surface area contributed by atoms with Crippen LogP contribution < -0.4 is 9.73 Å². The average molecular weight is 278 g/mol. The summed E-state index contributed by atoms with van der Waals surface area (Å²) in [6.07, 6.45) is 12.5. The third-order valence-electron chi connectivity index (χ3n) is 3.24. The van der Waals surface area contributed by atoms with Crippen LogP contribution in [-0.2, 0) is 0 Å². The van der Waals surface area contributed by atoms with Gasteiger partial charge < -0.3 is 4.74 Å². The van der Waals surface area contributed by atoms with Crippen molar-refractivity contribution in [2.45, 2.75) is 26.3 Å². The first-order valence-electron chi connectivity index (χ1n) is 7.22. The summed E-state index contributed by atoms with van der Waals surface area (Å²) in [7, 11) is 0. The third-order valence-corrected chi connectivity index (χ3v) is 3.24. The molecule has 0 unspecified atom stereocenters. The minimum absolute atomic E-state index is 0.0643. The molecule has 0 fully saturated rings. The maximum Gasteiger partial charge on any atom is 0.198 e. The smallest absolute Gasteiger partial charge is 0.198 e. The first-order valence-corrected chi connectivity index (χ1v) is 7.22. The van der Waals surface area contributed by atoms with Gasteiger partial charge >= 0.3 is 0 Å². The Morgan fingerprint density at radius 2 is 1.57 bits per heavy atom. The number of allylic oxidation sites excluding steroid dienone is 6. The highest BCUT2D eigenvalue weighted by Gasteiger charge is 2.17. The predicted molar refractivity (Wildman–Crippen MR) is 87.1 cm³/mol. The summed E-state index contributed by atoms with van der Waals surface area (Å²) in [6, 6.07) is 8.06. The van der Waals surface area contributed by atoms with Crippen molar-refractivity contribution in [3.63, 3.8) is 0 Å². The van der Waals surface area contributed by atoms with Gasteiger partial charge in [-0.3, -0.25) is 0 Å². The molecule has 1 N–H and O–H groups in total. The number of benzene rings is 1. The van der Waals surface area contributed by atoms with Gasteiger partial charge in [-0.05, 0) is 51.1 Å². The van der Waals surface area contributed by atoms with Crippen LogP contribution in [0.25, 0.3) is 6.08 Å². The van der Waals surface area contributed by atoms with E-state index in [0.717, 1.165) is 28.4 Å². The fourth-order valence-electron chi connectivity index (χ4n) is 2.34. The Hall–Kier alpha value is -2.35. The lowest BCUT2D eigenvalue weighted by Crippen LogP contribution is -2.84. The van der Waals surface area contributed by atoms with E-state index in [-0.39, 0.29) is 5.54 Å². The first-order chi connectivity index (χ1) is 10.0. The van der Waals surface area contributed by atoms with Crippen LogP contribution >= 0.6 is 0 Å². The molecule has 106 valence electrons. The molecule has 3 rings (SSSR count). The summed E-state index contributed by atoms with van der Waals surface area (Å²) in [5.74, 6) is 1.79. The van der Waals surface area contributed by atoms with Gasteiger partial charge in [0, 0.05) is 23.3 Å². The predicted octanol–water partition coefficient (Wildman–Crippen LogP) is 2.79. The quantitative estimate of drug-likeness (QED) is 0.775. The van der Waals surface area contributed by atoms with Gasteiger partial charge in [-0.15, -0.1) is 0 Å². The molecule has 2 heteroatoms. The van der Waals surface area contributed by atoms with E-state index in [1.54, 1.807) is 0 Å². The summed E-state index contributed by atoms with van der Waals surface area (Å²) >= 11 is 0. The van der Waals surface area contributed by atoms with Gasteiger partial charge in [0.05, 0.1) is 0 Å². The Morgan fingerprint density at radius 1 is 0.857 bits per heavy atom. The van der Waals surface area contributed by atoms with E-state index in [1.165, 1.54) is 0 Å². The molecule has 21 heavy (non-hydrogen) atoms. The number of para-hydroxylation sites is 1. The largest absolute Gasteiger partial charge is 0.456 e. The Bertz CT molecular complexity index is 691. The lowest BCUT2D eigenvalue weighted by Gasteiger charge is -2.16. The summed E-state index contributed by atoms with van der Waals surface area (Å²) in [5.41, 5.74) is 3.38. The molecular weight excluding hydrogens is 258 g/mol. The van der Waals surface area contributed by atoms with Gasteiger partial charge in [0.15, 0.2) is 11.3 Å². The summed E-state index contributed by atoms with van der Waals surface area (Å²) < 4.78 is 5.97. The van der Waals surface area contributed by atoms with Crippen molar-refractivity contribution in [3.05, 3.63) is 71.5 Å². The molecule has 0 bridgehead atoms. The molecule has 1 aromatic rings. The van der Waals surface area contributed by atoms with Crippen molar-refractivity contribution in [3.8, 4) is 5.75 Å². The first kappa shape index (κ1) is 13.6. The normalized spacial score (nSPS) is 16.8. The second-order valence-corrected chi connectivity index (χ2v) is 6.29. The van der Waals surface area contributed by atoms with Crippen molar-refractivity contribution >= 4 is 11.8 Å². The molecule has 0 spiro atoms. The molecule has 0 radical (unpaired) electrons. The van der Waals surface area contributed by atoms with Gasteiger partial charge in [0.1, 0.15) is 11.5 Å². The number of ether oxygens (including phenoxy) is 1. The van der Waals surface area contributed by atoms with Gasteiger partial charge in [-0.2, -0.15) is 0 Å². The van der Waals surface area contributed by atoms with E-state index in [4.69, 9.17) is 4.74 Å². The van der Waals surface area contributed by atoms with Crippen LogP contribution in [0.2, 0.25) is 0 Å². The molecule has 1 heterocycles. The molecule has 1 aromatic carbocycles. The molecule has 1 aliphatic heterocycles. The van der Waals surface area contributed by atoms with Gasteiger partial charge in [-0.1, -0.05) is 18.2 Å². The molecule has 0 atom stereocenters. The van der Waals surface area contributed by atoms with Crippen molar-refractivity contribution < 1.29 is 9.73 Å². The second kappa shape index (κ2) is 5.21. The standard InChI is InChI=1S/C19H19NO/c1-19(2,3)20-16-11-8-15(9-12-16)18-13-10-14-6-4-5-7-17(14)21-18/h4-13H,1-3H3/p+1. The number of hydrogen-bond donors (Lipinski definition) is 1. The van der Waals surface area contributed by atoms with Crippen molar-refractivity contribution in [1.29, 1.82) is 0 Å². The topological polar surface area (TPSA) is 23.2 Å². The highest BCUT2D eigenvalue weighted by molar-refractivity contribution is 6.01. The van der Waals surface area contributed by atoms with E-state index in [1.807, 2.05) is 24.3 Å². The van der Waals surface area contributed by atoms with E-state index in [9.17, 15) is 0 Å². The van der Waals surface area contributed by atoms with E-state index >= 15 is 0 Å². The molecule has 2 nitrogen and oxygen atoms in total. The maximum absolute atomic E-state index is 5.97. The van der Waals surface area contributed by atoms with Gasteiger partial charge in [0.25, 0.3) is 0 Å². The van der Waals surface area contributed by atoms with E-state index < -0.39 is 0 Å². The number of nitrogens with one attached hydrogen (secondary N) is 1. The highest BCUT2D eigenvalue weighted by Crippen LogP contribution is 2.29.